The summed E-state index contributed by atoms with van der Waals surface area (Å²) in [5, 5.41) is 0. The van der Waals surface area contributed by atoms with Gasteiger partial charge in [0.05, 0.1) is 31.0 Å². The maximum Gasteiger partial charge on any atom is 0.416 e. The van der Waals surface area contributed by atoms with Gasteiger partial charge in [0.2, 0.25) is 0 Å². The molecule has 0 aliphatic rings. The number of allylic oxidation sites excluding steroid dienone is 3. The molecule has 1 rings (SSSR count). The van der Waals surface area contributed by atoms with E-state index in [2.05, 4.69) is 0 Å². The summed E-state index contributed by atoms with van der Waals surface area (Å²) in [7, 11) is 1.51. The zero-order valence-electron chi connectivity index (χ0n) is 17.1. The minimum Gasteiger partial charge on any atom is -0.501 e. The lowest BCUT2D eigenvalue weighted by atomic mass is 9.93. The van der Waals surface area contributed by atoms with Crippen molar-refractivity contribution in [2.75, 3.05) is 13.7 Å². The minimum absolute atomic E-state index is 0.0678. The molecule has 0 aromatic heterocycles. The van der Waals surface area contributed by atoms with Crippen molar-refractivity contribution >= 4 is 17.8 Å². The number of carbonyl (C=O) groups is 2. The quantitative estimate of drug-likeness (QED) is 0.276. The highest BCUT2D eigenvalue weighted by molar-refractivity contribution is 5.86. The number of rotatable bonds is 10. The summed E-state index contributed by atoms with van der Waals surface area (Å²) >= 11 is 0. The second-order valence-electron chi connectivity index (χ2n) is 6.50. The second kappa shape index (κ2) is 11.4. The maximum atomic E-state index is 13.0. The molecule has 0 saturated heterocycles. The molecule has 0 fully saturated rings. The van der Waals surface area contributed by atoms with Crippen molar-refractivity contribution < 1.29 is 32.2 Å². The molecule has 7 heteroatoms. The van der Waals surface area contributed by atoms with E-state index in [1.54, 1.807) is 19.9 Å². The smallest absolute Gasteiger partial charge is 0.416 e. The lowest BCUT2D eigenvalue weighted by molar-refractivity contribution is -0.147. The topological polar surface area (TPSA) is 52.6 Å². The van der Waals surface area contributed by atoms with E-state index in [4.69, 9.17) is 9.47 Å². The Kier molecular flexibility index (Phi) is 9.65. The van der Waals surface area contributed by atoms with Crippen LogP contribution >= 0.6 is 0 Å². The molecule has 0 aliphatic carbocycles. The van der Waals surface area contributed by atoms with Crippen LogP contribution in [-0.4, -0.2) is 26.0 Å². The summed E-state index contributed by atoms with van der Waals surface area (Å²) in [5.74, 6) is -0.165. The first-order valence-electron chi connectivity index (χ1n) is 9.43. The summed E-state index contributed by atoms with van der Waals surface area (Å²) in [6, 6.07) is 3.06. The number of halogens is 3. The molecule has 0 saturated carbocycles. The van der Waals surface area contributed by atoms with E-state index in [0.29, 0.717) is 36.0 Å². The molecular formula is C22H27F3O4. The number of hydrogen-bond donors (Lipinski definition) is 0. The lowest BCUT2D eigenvalue weighted by Gasteiger charge is -2.16. The van der Waals surface area contributed by atoms with Crippen molar-refractivity contribution in [3.63, 3.8) is 0 Å². The van der Waals surface area contributed by atoms with E-state index in [1.165, 1.54) is 13.2 Å². The Morgan fingerprint density at radius 1 is 1.21 bits per heavy atom. The summed E-state index contributed by atoms with van der Waals surface area (Å²) in [6.07, 6.45) is 0.778. The molecule has 1 atom stereocenters. The molecule has 0 N–H and O–H groups in total. The zero-order chi connectivity index (χ0) is 22.0. The Bertz CT molecular complexity index is 764. The third-order valence-corrected chi connectivity index (χ3v) is 4.32. The monoisotopic (exact) mass is 412 g/mol. The summed E-state index contributed by atoms with van der Waals surface area (Å²) < 4.78 is 49.4. The molecule has 0 aliphatic heterocycles. The molecule has 0 amide bonds. The van der Waals surface area contributed by atoms with Gasteiger partial charge in [-0.1, -0.05) is 26.0 Å². The fourth-order valence-corrected chi connectivity index (χ4v) is 2.75. The Hall–Kier alpha value is -2.57. The predicted octanol–water partition coefficient (Wildman–Crippen LogP) is 5.82. The molecule has 0 radical (unpaired) electrons. The van der Waals surface area contributed by atoms with Crippen LogP contribution in [0.25, 0.3) is 5.57 Å². The lowest BCUT2D eigenvalue weighted by Crippen LogP contribution is -2.14. The SMILES string of the molecule is CC/C=C(\C/C(=C\CC(C)C(=O)OCC)c1ccc(C(F)(F)F)cc1C=O)OC. The molecule has 1 aromatic rings. The van der Waals surface area contributed by atoms with Crippen molar-refractivity contribution in [1.29, 1.82) is 0 Å². The normalized spacial score (nSPS) is 13.8. The molecule has 1 aromatic carbocycles. The molecule has 29 heavy (non-hydrogen) atoms. The van der Waals surface area contributed by atoms with Crippen LogP contribution in [-0.2, 0) is 20.4 Å². The molecule has 0 spiro atoms. The third kappa shape index (κ3) is 7.40. The van der Waals surface area contributed by atoms with E-state index < -0.39 is 17.7 Å². The number of methoxy groups -OCH3 is 1. The highest BCUT2D eigenvalue weighted by atomic mass is 19.4. The number of esters is 1. The Balaban J connectivity index is 3.36. The van der Waals surface area contributed by atoms with Gasteiger partial charge in [-0.05, 0) is 49.1 Å². The number of benzene rings is 1. The Morgan fingerprint density at radius 2 is 1.90 bits per heavy atom. The van der Waals surface area contributed by atoms with Gasteiger partial charge in [-0.2, -0.15) is 13.2 Å². The molecule has 0 heterocycles. The van der Waals surface area contributed by atoms with Gasteiger partial charge in [0.1, 0.15) is 0 Å². The highest BCUT2D eigenvalue weighted by Crippen LogP contribution is 2.33. The zero-order valence-corrected chi connectivity index (χ0v) is 17.1. The summed E-state index contributed by atoms with van der Waals surface area (Å²) in [6.45, 7) is 5.62. The number of hydrogen-bond acceptors (Lipinski definition) is 4. The van der Waals surface area contributed by atoms with Gasteiger partial charge in [0, 0.05) is 12.0 Å². The standard InChI is InChI=1S/C22H27F3O4/c1-5-7-19(28-4)13-16(9-8-15(3)21(27)29-6-2)20-11-10-18(22(23,24)25)12-17(20)14-26/h7,9-12,14-15H,5-6,8,13H2,1-4H3/b16-9+,19-7+. The average Bonchev–Trinajstić information content (AvgIpc) is 2.69. The average molecular weight is 412 g/mol. The van der Waals surface area contributed by atoms with Gasteiger partial charge in [-0.3, -0.25) is 9.59 Å². The molecular weight excluding hydrogens is 385 g/mol. The van der Waals surface area contributed by atoms with Crippen molar-refractivity contribution in [1.82, 2.24) is 0 Å². The fraction of sp³-hybridized carbons (Fsp3) is 0.455. The number of ether oxygens (including phenoxy) is 2. The Morgan fingerprint density at radius 3 is 2.41 bits per heavy atom. The van der Waals surface area contributed by atoms with Crippen LogP contribution in [0, 0.1) is 5.92 Å². The van der Waals surface area contributed by atoms with Crippen LogP contribution < -0.4 is 0 Å². The third-order valence-electron chi connectivity index (χ3n) is 4.32. The van der Waals surface area contributed by atoms with Crippen LogP contribution in [0.4, 0.5) is 13.2 Å². The van der Waals surface area contributed by atoms with Crippen molar-refractivity contribution in [3.05, 3.63) is 52.8 Å². The van der Waals surface area contributed by atoms with Gasteiger partial charge in [0.25, 0.3) is 0 Å². The van der Waals surface area contributed by atoms with E-state index in [0.717, 1.165) is 12.1 Å². The molecule has 0 bridgehead atoms. The van der Waals surface area contributed by atoms with E-state index >= 15 is 0 Å². The summed E-state index contributed by atoms with van der Waals surface area (Å²) in [4.78, 5) is 23.4. The predicted molar refractivity (Wildman–Crippen MR) is 105 cm³/mol. The van der Waals surface area contributed by atoms with E-state index in [1.807, 2.05) is 13.0 Å². The van der Waals surface area contributed by atoms with Crippen LogP contribution in [0.5, 0.6) is 0 Å². The molecule has 160 valence electrons. The van der Waals surface area contributed by atoms with Crippen LogP contribution in [0.1, 0.15) is 61.5 Å². The second-order valence-corrected chi connectivity index (χ2v) is 6.50. The summed E-state index contributed by atoms with van der Waals surface area (Å²) in [5.41, 5.74) is 0.0297. The van der Waals surface area contributed by atoms with Crippen LogP contribution in [0.15, 0.2) is 36.1 Å². The first kappa shape index (κ1) is 24.5. The number of alkyl halides is 3. The van der Waals surface area contributed by atoms with Crippen molar-refractivity contribution in [3.8, 4) is 0 Å². The van der Waals surface area contributed by atoms with E-state index in [-0.39, 0.29) is 24.6 Å². The van der Waals surface area contributed by atoms with Crippen LogP contribution in [0.2, 0.25) is 0 Å². The maximum absolute atomic E-state index is 13.0. The van der Waals surface area contributed by atoms with Gasteiger partial charge < -0.3 is 9.47 Å². The first-order chi connectivity index (χ1) is 13.7. The first-order valence-corrected chi connectivity index (χ1v) is 9.43. The van der Waals surface area contributed by atoms with Gasteiger partial charge >= 0.3 is 12.1 Å². The van der Waals surface area contributed by atoms with Gasteiger partial charge in [-0.25, -0.2) is 0 Å². The van der Waals surface area contributed by atoms with Crippen molar-refractivity contribution in [2.24, 2.45) is 5.92 Å². The van der Waals surface area contributed by atoms with Crippen LogP contribution in [0.3, 0.4) is 0 Å². The largest absolute Gasteiger partial charge is 0.501 e. The van der Waals surface area contributed by atoms with Gasteiger partial charge in [-0.15, -0.1) is 0 Å². The highest BCUT2D eigenvalue weighted by Gasteiger charge is 2.31. The fourth-order valence-electron chi connectivity index (χ4n) is 2.75. The molecule has 1 unspecified atom stereocenters. The van der Waals surface area contributed by atoms with E-state index in [9.17, 15) is 22.8 Å². The number of carbonyl (C=O) groups excluding carboxylic acids is 2. The number of aldehydes is 1. The molecule has 4 nitrogen and oxygen atoms in total. The van der Waals surface area contributed by atoms with Crippen molar-refractivity contribution in [2.45, 2.75) is 46.2 Å². The van der Waals surface area contributed by atoms with Gasteiger partial charge in [0.15, 0.2) is 6.29 Å². The minimum atomic E-state index is -4.54. The Labute approximate surface area is 169 Å².